The minimum absolute atomic E-state index is 0.128. The Hall–Kier alpha value is -3.05. The molecule has 0 saturated heterocycles. The minimum atomic E-state index is -1.06. The Kier molecular flexibility index (Phi) is 4.99. The van der Waals surface area contributed by atoms with Crippen LogP contribution in [0.2, 0.25) is 10.0 Å². The van der Waals surface area contributed by atoms with E-state index in [0.29, 0.717) is 12.1 Å². The van der Waals surface area contributed by atoms with Gasteiger partial charge in [-0.1, -0.05) is 23.2 Å². The summed E-state index contributed by atoms with van der Waals surface area (Å²) in [4.78, 5) is 30.0. The maximum Gasteiger partial charge on any atom is 0.306 e. The molecule has 2 aromatic rings. The quantitative estimate of drug-likeness (QED) is 0.446. The van der Waals surface area contributed by atoms with E-state index in [4.69, 9.17) is 23.2 Å². The summed E-state index contributed by atoms with van der Waals surface area (Å²) in [6.45, 7) is 0. The van der Waals surface area contributed by atoms with Crippen molar-refractivity contribution < 1.29 is 19.2 Å². The summed E-state index contributed by atoms with van der Waals surface area (Å²) < 4.78 is 13.6. The molecule has 2 aromatic carbocycles. The van der Waals surface area contributed by atoms with Crippen LogP contribution in [0.4, 0.5) is 32.8 Å². The second-order valence-electron chi connectivity index (χ2n) is 4.50. The second-order valence-corrected chi connectivity index (χ2v) is 5.32. The molecule has 1 N–H and O–H groups in total. The maximum absolute atomic E-state index is 13.6. The van der Waals surface area contributed by atoms with Gasteiger partial charge in [-0.05, 0) is 12.1 Å². The summed E-state index contributed by atoms with van der Waals surface area (Å²) in [5.74, 6) is -0.969. The van der Waals surface area contributed by atoms with Crippen LogP contribution in [0.1, 0.15) is 0 Å². The molecule has 0 radical (unpaired) electrons. The second kappa shape index (κ2) is 6.83. The monoisotopic (exact) mass is 390 g/mol. The topological polar surface area (TPSA) is 141 Å². The van der Waals surface area contributed by atoms with Crippen LogP contribution in [0.3, 0.4) is 0 Å². The molecular formula is C12H5Cl2FN4O6. The Morgan fingerprint density at radius 2 is 1.40 bits per heavy atom. The van der Waals surface area contributed by atoms with E-state index < -0.39 is 48.4 Å². The van der Waals surface area contributed by atoms with E-state index in [1.54, 1.807) is 0 Å². The highest BCUT2D eigenvalue weighted by molar-refractivity contribution is 6.35. The van der Waals surface area contributed by atoms with Gasteiger partial charge >= 0.3 is 11.4 Å². The predicted octanol–water partition coefficient (Wildman–Crippen LogP) is 4.60. The predicted molar refractivity (Wildman–Crippen MR) is 86.1 cm³/mol. The first-order valence-corrected chi connectivity index (χ1v) is 6.90. The summed E-state index contributed by atoms with van der Waals surface area (Å²) in [6, 6.07) is 3.02. The van der Waals surface area contributed by atoms with Crippen molar-refractivity contribution in [3.63, 3.8) is 0 Å². The number of nitro groups is 3. The number of halogens is 3. The number of nitrogens with zero attached hydrogens (tertiary/aromatic N) is 3. The number of hydrogen-bond donors (Lipinski definition) is 1. The van der Waals surface area contributed by atoms with Gasteiger partial charge in [0.2, 0.25) is 0 Å². The Morgan fingerprint density at radius 3 is 1.84 bits per heavy atom. The summed E-state index contributed by atoms with van der Waals surface area (Å²) in [5.41, 5.74) is -3.77. The van der Waals surface area contributed by atoms with Gasteiger partial charge in [-0.2, -0.15) is 0 Å². The van der Waals surface area contributed by atoms with E-state index in [9.17, 15) is 34.7 Å². The zero-order chi connectivity index (χ0) is 18.9. The van der Waals surface area contributed by atoms with Gasteiger partial charge in [-0.25, -0.2) is 4.39 Å². The van der Waals surface area contributed by atoms with Crippen molar-refractivity contribution in [2.75, 3.05) is 5.32 Å². The van der Waals surface area contributed by atoms with Gasteiger partial charge in [0.05, 0.1) is 37.6 Å². The lowest BCUT2D eigenvalue weighted by Crippen LogP contribution is -2.04. The van der Waals surface area contributed by atoms with Crippen LogP contribution in [0, 0.1) is 36.2 Å². The van der Waals surface area contributed by atoms with Crippen LogP contribution in [-0.2, 0) is 0 Å². The molecule has 0 aliphatic carbocycles. The molecule has 0 heterocycles. The van der Waals surface area contributed by atoms with Gasteiger partial charge in [0.1, 0.15) is 5.82 Å². The first kappa shape index (κ1) is 18.3. The summed E-state index contributed by atoms with van der Waals surface area (Å²) in [7, 11) is 0. The lowest BCUT2D eigenvalue weighted by atomic mass is 10.2. The molecule has 2 rings (SSSR count). The van der Waals surface area contributed by atoms with E-state index in [-0.39, 0.29) is 10.7 Å². The average Bonchev–Trinajstić information content (AvgIpc) is 2.51. The van der Waals surface area contributed by atoms with Crippen LogP contribution >= 0.6 is 23.2 Å². The number of anilines is 2. The Morgan fingerprint density at radius 1 is 0.880 bits per heavy atom. The Balaban J connectivity index is 2.73. The normalized spacial score (nSPS) is 10.4. The molecule has 0 amide bonds. The molecular weight excluding hydrogens is 386 g/mol. The summed E-state index contributed by atoms with van der Waals surface area (Å²) >= 11 is 11.4. The van der Waals surface area contributed by atoms with Crippen molar-refractivity contribution in [1.29, 1.82) is 0 Å². The van der Waals surface area contributed by atoms with Crippen molar-refractivity contribution in [3.8, 4) is 0 Å². The number of rotatable bonds is 5. The number of hydrogen-bond acceptors (Lipinski definition) is 7. The molecule has 0 aliphatic heterocycles. The summed E-state index contributed by atoms with van der Waals surface area (Å²) in [6.07, 6.45) is 0. The van der Waals surface area contributed by atoms with Crippen molar-refractivity contribution in [1.82, 2.24) is 0 Å². The average molecular weight is 391 g/mol. The third kappa shape index (κ3) is 3.72. The molecule has 0 aromatic heterocycles. The fourth-order valence-corrected chi connectivity index (χ4v) is 2.26. The van der Waals surface area contributed by atoms with Gasteiger partial charge in [-0.3, -0.25) is 30.3 Å². The molecule has 0 atom stereocenters. The Labute approximate surface area is 147 Å². The highest BCUT2D eigenvalue weighted by atomic mass is 35.5. The molecule has 13 heteroatoms. The molecule has 0 aliphatic rings. The van der Waals surface area contributed by atoms with E-state index in [0.717, 1.165) is 12.1 Å². The Bertz CT molecular complexity index is 888. The summed E-state index contributed by atoms with van der Waals surface area (Å²) in [5, 5.41) is 34.8. The molecule has 0 saturated carbocycles. The van der Waals surface area contributed by atoms with E-state index in [2.05, 4.69) is 5.32 Å². The van der Waals surface area contributed by atoms with Crippen LogP contribution in [0.25, 0.3) is 0 Å². The fraction of sp³-hybridized carbons (Fsp3) is 0. The van der Waals surface area contributed by atoms with Gasteiger partial charge in [0, 0.05) is 5.02 Å². The van der Waals surface area contributed by atoms with Gasteiger partial charge in [0.25, 0.3) is 5.69 Å². The van der Waals surface area contributed by atoms with Gasteiger partial charge in [0.15, 0.2) is 5.69 Å². The highest BCUT2D eigenvalue weighted by Crippen LogP contribution is 2.42. The molecule has 0 unspecified atom stereocenters. The SMILES string of the molecule is O=[N+]([O-])c1cc([N+](=O)[O-])c(Nc2cc(Cl)cc(F)c2Cl)c([N+](=O)[O-])c1. The first-order valence-electron chi connectivity index (χ1n) is 6.14. The van der Waals surface area contributed by atoms with Crippen molar-refractivity contribution in [2.24, 2.45) is 0 Å². The zero-order valence-corrected chi connectivity index (χ0v) is 13.2. The number of benzene rings is 2. The number of nitrogens with one attached hydrogen (secondary N) is 1. The third-order valence-corrected chi connectivity index (χ3v) is 3.54. The first-order chi connectivity index (χ1) is 11.6. The zero-order valence-electron chi connectivity index (χ0n) is 11.7. The lowest BCUT2D eigenvalue weighted by Gasteiger charge is -2.10. The number of nitro benzene ring substituents is 3. The van der Waals surface area contributed by atoms with Crippen LogP contribution in [0.15, 0.2) is 24.3 Å². The highest BCUT2D eigenvalue weighted by Gasteiger charge is 2.31. The molecule has 10 nitrogen and oxygen atoms in total. The molecule has 0 spiro atoms. The van der Waals surface area contributed by atoms with Crippen LogP contribution in [-0.4, -0.2) is 14.8 Å². The van der Waals surface area contributed by atoms with E-state index in [1.807, 2.05) is 0 Å². The third-order valence-electron chi connectivity index (χ3n) is 2.94. The van der Waals surface area contributed by atoms with Crippen molar-refractivity contribution >= 4 is 51.6 Å². The largest absolute Gasteiger partial charge is 0.343 e. The molecule has 25 heavy (non-hydrogen) atoms. The molecule has 0 bridgehead atoms. The van der Waals surface area contributed by atoms with Gasteiger partial charge < -0.3 is 5.32 Å². The van der Waals surface area contributed by atoms with Crippen molar-refractivity contribution in [2.45, 2.75) is 0 Å². The molecule has 130 valence electrons. The maximum atomic E-state index is 13.6. The number of non-ortho nitro benzene ring substituents is 1. The van der Waals surface area contributed by atoms with E-state index in [1.165, 1.54) is 0 Å². The van der Waals surface area contributed by atoms with Crippen molar-refractivity contribution in [3.05, 3.63) is 70.5 Å². The fourth-order valence-electron chi connectivity index (χ4n) is 1.90. The van der Waals surface area contributed by atoms with Crippen LogP contribution < -0.4 is 5.32 Å². The van der Waals surface area contributed by atoms with E-state index >= 15 is 0 Å². The standard InChI is InChI=1S/C12H5Cl2FN4O6/c13-5-1-7(15)11(14)8(2-5)16-12-9(18(22)23)3-6(17(20)21)4-10(12)19(24)25/h1-4,16H. The lowest BCUT2D eigenvalue weighted by molar-refractivity contribution is -0.401. The van der Waals surface area contributed by atoms with Crippen LogP contribution in [0.5, 0.6) is 0 Å². The minimum Gasteiger partial charge on any atom is -0.343 e. The van der Waals surface area contributed by atoms with Gasteiger partial charge in [-0.15, -0.1) is 0 Å². The molecule has 0 fully saturated rings. The smallest absolute Gasteiger partial charge is 0.306 e.